The number of imidazole rings is 1. The smallest absolute Gasteiger partial charge is 0.281 e. The summed E-state index contributed by atoms with van der Waals surface area (Å²) in [5.41, 5.74) is -5.28. The highest BCUT2D eigenvalue weighted by atomic mass is 31.2. The summed E-state index contributed by atoms with van der Waals surface area (Å²) >= 11 is 0. The molecule has 0 spiro atoms. The number of alkyl halides is 3. The van der Waals surface area contributed by atoms with E-state index in [1.807, 2.05) is 0 Å². The van der Waals surface area contributed by atoms with Gasteiger partial charge in [0.05, 0.1) is 51.6 Å². The van der Waals surface area contributed by atoms with E-state index < -0.39 is 81.4 Å². The van der Waals surface area contributed by atoms with Gasteiger partial charge in [-0.3, -0.25) is 41.2 Å². The molecule has 0 amide bonds. The molecule has 4 heterocycles. The van der Waals surface area contributed by atoms with Crippen LogP contribution in [0.15, 0.2) is 52.4 Å². The monoisotopic (exact) mass is 929 g/mol. The van der Waals surface area contributed by atoms with E-state index in [9.17, 15) is 31.9 Å². The maximum Gasteiger partial charge on any atom is 0.477 e. The second-order valence-corrected chi connectivity index (χ2v) is 22.3. The Labute approximate surface area is 360 Å². The van der Waals surface area contributed by atoms with Crippen LogP contribution in [0.2, 0.25) is 0 Å². The van der Waals surface area contributed by atoms with Gasteiger partial charge in [-0.25, -0.2) is 23.5 Å². The number of benzene rings is 1. The number of phosphoric ester groups is 2. The van der Waals surface area contributed by atoms with Crippen LogP contribution >= 0.6 is 15.6 Å². The van der Waals surface area contributed by atoms with Gasteiger partial charge < -0.3 is 0 Å². The van der Waals surface area contributed by atoms with Crippen LogP contribution in [0.1, 0.15) is 112 Å². The molecule has 346 valence electrons. The Bertz CT molecular complexity index is 2700. The van der Waals surface area contributed by atoms with Crippen molar-refractivity contribution in [2.75, 3.05) is 0 Å². The fraction of sp³-hybridized carbons (Fsp3) is 0.575. The number of aromatic nitrogens is 7. The maximum absolute atomic E-state index is 15.5. The number of hydrogen-bond acceptors (Lipinski definition) is 13. The van der Waals surface area contributed by atoms with Crippen molar-refractivity contribution in [1.29, 1.82) is 0 Å². The average Bonchev–Trinajstić information content (AvgIpc) is 3.66. The molecular formula is C40H53F4N7O10P2. The minimum Gasteiger partial charge on any atom is -0.281 e. The SMILES string of the molecule is CC(C)(C)OP(=O)(OCn1cc(-c2cc([C@@H]3C[C@H]3c3ccc4cnn(CC(F)(F)F)c4c3)c3ncc(F)n3n2)c(=O)n(COP(=O)(OC(C)(C)C)OC(C)(C)C)c1=O)OC(C)(C)C. The Morgan fingerprint density at radius 3 is 1.86 bits per heavy atom. The fourth-order valence-corrected chi connectivity index (χ4v) is 10.2. The Morgan fingerprint density at radius 1 is 0.762 bits per heavy atom. The molecule has 0 saturated heterocycles. The van der Waals surface area contributed by atoms with Gasteiger partial charge in [-0.2, -0.15) is 32.3 Å². The van der Waals surface area contributed by atoms with E-state index in [1.165, 1.54) is 12.3 Å². The third-order valence-electron chi connectivity index (χ3n) is 8.83. The van der Waals surface area contributed by atoms with Crippen LogP contribution in [0.25, 0.3) is 27.8 Å². The minimum absolute atomic E-state index is 0.117. The Hall–Kier alpha value is -4.07. The van der Waals surface area contributed by atoms with Gasteiger partial charge in [0, 0.05) is 17.1 Å². The summed E-state index contributed by atoms with van der Waals surface area (Å²) < 4.78 is 121. The fourth-order valence-electron chi connectivity index (χ4n) is 6.67. The molecule has 5 aromatic rings. The number of fused-ring (bicyclic) bond motifs is 2. The van der Waals surface area contributed by atoms with Crippen molar-refractivity contribution in [3.63, 3.8) is 0 Å². The lowest BCUT2D eigenvalue weighted by Crippen LogP contribution is -2.41. The molecule has 17 nitrogen and oxygen atoms in total. The molecule has 63 heavy (non-hydrogen) atoms. The van der Waals surface area contributed by atoms with Crippen LogP contribution in [0.3, 0.4) is 0 Å². The normalized spacial score (nSPS) is 17.0. The highest BCUT2D eigenvalue weighted by Gasteiger charge is 2.43. The molecule has 1 aliphatic rings. The molecule has 6 rings (SSSR count). The van der Waals surface area contributed by atoms with Crippen LogP contribution in [0.4, 0.5) is 17.6 Å². The van der Waals surface area contributed by atoms with Crippen LogP contribution in [0.5, 0.6) is 0 Å². The average molecular weight is 930 g/mol. The quantitative estimate of drug-likeness (QED) is 0.0759. The van der Waals surface area contributed by atoms with Gasteiger partial charge >= 0.3 is 27.5 Å². The highest BCUT2D eigenvalue weighted by molar-refractivity contribution is 7.48. The van der Waals surface area contributed by atoms with Crippen LogP contribution in [0, 0.1) is 5.95 Å². The van der Waals surface area contributed by atoms with E-state index in [1.54, 1.807) is 101 Å². The van der Waals surface area contributed by atoms with Gasteiger partial charge in [0.15, 0.2) is 5.65 Å². The Kier molecular flexibility index (Phi) is 12.9. The van der Waals surface area contributed by atoms with Crippen LogP contribution in [-0.2, 0) is 56.3 Å². The van der Waals surface area contributed by atoms with Gasteiger partial charge in [0.2, 0.25) is 5.95 Å². The first-order valence-electron chi connectivity index (χ1n) is 19.9. The van der Waals surface area contributed by atoms with Gasteiger partial charge in [-0.15, -0.1) is 0 Å². The maximum atomic E-state index is 15.5. The molecule has 0 aliphatic heterocycles. The van der Waals surface area contributed by atoms with Crippen LogP contribution in [-0.4, -0.2) is 62.1 Å². The molecule has 0 bridgehead atoms. The summed E-state index contributed by atoms with van der Waals surface area (Å²) in [4.78, 5) is 32.9. The molecule has 1 fully saturated rings. The number of phosphoric acid groups is 2. The zero-order valence-corrected chi connectivity index (χ0v) is 38.9. The summed E-state index contributed by atoms with van der Waals surface area (Å²) in [5, 5.41) is 8.81. The van der Waals surface area contributed by atoms with Crippen molar-refractivity contribution in [2.24, 2.45) is 0 Å². The molecule has 0 radical (unpaired) electrons. The van der Waals surface area contributed by atoms with Crippen molar-refractivity contribution < 1.29 is 53.8 Å². The van der Waals surface area contributed by atoms with E-state index in [-0.39, 0.29) is 34.3 Å². The third kappa shape index (κ3) is 12.2. The third-order valence-corrected chi connectivity index (χ3v) is 12.8. The minimum atomic E-state index is -4.53. The number of hydrogen-bond donors (Lipinski definition) is 0. The van der Waals surface area contributed by atoms with Crippen molar-refractivity contribution in [1.82, 2.24) is 33.5 Å². The summed E-state index contributed by atoms with van der Waals surface area (Å²) in [6, 6.07) is 6.59. The van der Waals surface area contributed by atoms with Crippen molar-refractivity contribution in [2.45, 2.75) is 150 Å². The van der Waals surface area contributed by atoms with E-state index in [0.717, 1.165) is 26.2 Å². The lowest BCUT2D eigenvalue weighted by atomic mass is 10.0. The standard InChI is InChI=1S/C40H53F4N7O10P2/c1-36(2,3)58-62(54,59-37(4,5)6)56-22-48-20-29(34(52)49(35(48)53)23-57-63(55,60-38(7,8)9)61-39(10,11)12)30-17-28(33-45-19-32(41)51(33)47-30)27-16-26(27)24-13-14-25-18-46-50(31(25)15-24)21-40(42,43)44/h13-15,17-20,26-27H,16,21-23H2,1-12H3/t26-,27+/m0/s1. The first-order chi connectivity index (χ1) is 28.7. The molecule has 0 N–H and O–H groups in total. The van der Waals surface area contributed by atoms with E-state index in [0.29, 0.717) is 27.5 Å². The molecule has 1 aliphatic carbocycles. The zero-order chi connectivity index (χ0) is 46.9. The Balaban J connectivity index is 1.46. The number of halogens is 4. The molecule has 4 aromatic heterocycles. The highest BCUT2D eigenvalue weighted by Crippen LogP contribution is 2.58. The predicted molar refractivity (Wildman–Crippen MR) is 224 cm³/mol. The van der Waals surface area contributed by atoms with Gasteiger partial charge in [-0.1, -0.05) is 12.1 Å². The second kappa shape index (κ2) is 16.7. The topological polar surface area (TPSA) is 182 Å². The summed E-state index contributed by atoms with van der Waals surface area (Å²) in [6.07, 6.45) is -0.652. The first-order valence-corrected chi connectivity index (χ1v) is 22.9. The van der Waals surface area contributed by atoms with Crippen LogP contribution < -0.4 is 11.2 Å². The van der Waals surface area contributed by atoms with Crippen molar-refractivity contribution in [3.05, 3.63) is 80.8 Å². The van der Waals surface area contributed by atoms with E-state index >= 15 is 4.39 Å². The molecule has 1 aromatic carbocycles. The predicted octanol–water partition coefficient (Wildman–Crippen LogP) is 9.47. The number of nitrogens with zero attached hydrogens (tertiary/aromatic N) is 7. The summed E-state index contributed by atoms with van der Waals surface area (Å²) in [5.74, 6) is -1.51. The van der Waals surface area contributed by atoms with Gasteiger partial charge in [0.25, 0.3) is 5.56 Å². The van der Waals surface area contributed by atoms with Gasteiger partial charge in [-0.05, 0) is 119 Å². The van der Waals surface area contributed by atoms with Crippen molar-refractivity contribution >= 4 is 32.2 Å². The lowest BCUT2D eigenvalue weighted by Gasteiger charge is -2.31. The van der Waals surface area contributed by atoms with Gasteiger partial charge in [0.1, 0.15) is 20.0 Å². The van der Waals surface area contributed by atoms with E-state index in [2.05, 4.69) is 15.2 Å². The molecule has 0 unspecified atom stereocenters. The largest absolute Gasteiger partial charge is 0.477 e. The zero-order valence-electron chi connectivity index (χ0n) is 37.1. The summed E-state index contributed by atoms with van der Waals surface area (Å²) in [6.45, 7) is 16.2. The molecule has 1 saturated carbocycles. The second-order valence-electron chi connectivity index (χ2n) is 19.2. The summed E-state index contributed by atoms with van der Waals surface area (Å²) in [7, 11) is -8.98. The van der Waals surface area contributed by atoms with Crippen molar-refractivity contribution in [3.8, 4) is 11.3 Å². The molecule has 23 heteroatoms. The first kappa shape index (κ1) is 48.4. The number of rotatable bonds is 14. The molecular weight excluding hydrogens is 876 g/mol. The molecule has 2 atom stereocenters. The Morgan fingerprint density at radius 2 is 1.32 bits per heavy atom. The lowest BCUT2D eigenvalue weighted by molar-refractivity contribution is -0.141. The van der Waals surface area contributed by atoms with E-state index in [4.69, 9.17) is 27.1 Å².